The second-order valence-electron chi connectivity index (χ2n) is 5.17. The number of urea groups is 1. The molecule has 22 heavy (non-hydrogen) atoms. The number of amides is 2. The summed E-state index contributed by atoms with van der Waals surface area (Å²) >= 11 is 5.83. The SMILES string of the molecule is CC(C)NC(=O)Nc1ccc(CNc2ccnc(Cl)c2)cc1. The van der Waals surface area contributed by atoms with Gasteiger partial charge in [-0.3, -0.25) is 0 Å². The molecule has 3 N–H and O–H groups in total. The first-order valence-electron chi connectivity index (χ1n) is 7.05. The minimum Gasteiger partial charge on any atom is -0.381 e. The largest absolute Gasteiger partial charge is 0.381 e. The van der Waals surface area contributed by atoms with Gasteiger partial charge in [0.15, 0.2) is 0 Å². The van der Waals surface area contributed by atoms with Crippen molar-refractivity contribution < 1.29 is 4.79 Å². The molecule has 2 aromatic rings. The molecule has 5 nitrogen and oxygen atoms in total. The van der Waals surface area contributed by atoms with E-state index in [2.05, 4.69) is 20.9 Å². The summed E-state index contributed by atoms with van der Waals surface area (Å²) in [7, 11) is 0. The lowest BCUT2D eigenvalue weighted by atomic mass is 10.2. The van der Waals surface area contributed by atoms with Crippen LogP contribution in [0.15, 0.2) is 42.6 Å². The summed E-state index contributed by atoms with van der Waals surface area (Å²) in [6.07, 6.45) is 1.66. The van der Waals surface area contributed by atoms with Crippen molar-refractivity contribution >= 4 is 29.0 Å². The summed E-state index contributed by atoms with van der Waals surface area (Å²) in [5, 5.41) is 9.29. The third kappa shape index (κ3) is 5.26. The van der Waals surface area contributed by atoms with E-state index in [1.165, 1.54) is 0 Å². The van der Waals surface area contributed by atoms with Crippen molar-refractivity contribution in [3.63, 3.8) is 0 Å². The van der Waals surface area contributed by atoms with Crippen LogP contribution in [0.1, 0.15) is 19.4 Å². The Hall–Kier alpha value is -2.27. The number of anilines is 2. The molecule has 1 heterocycles. The molecular weight excluding hydrogens is 300 g/mol. The maximum absolute atomic E-state index is 11.6. The molecule has 0 unspecified atom stereocenters. The number of carbonyl (C=O) groups is 1. The van der Waals surface area contributed by atoms with Crippen molar-refractivity contribution in [1.82, 2.24) is 10.3 Å². The zero-order valence-electron chi connectivity index (χ0n) is 12.6. The highest BCUT2D eigenvalue weighted by Crippen LogP contribution is 2.14. The molecule has 0 radical (unpaired) electrons. The Morgan fingerprint density at radius 2 is 1.91 bits per heavy atom. The lowest BCUT2D eigenvalue weighted by Gasteiger charge is -2.11. The molecule has 0 aliphatic rings. The Bertz CT molecular complexity index is 628. The maximum atomic E-state index is 11.6. The van der Waals surface area contributed by atoms with Crippen molar-refractivity contribution in [1.29, 1.82) is 0 Å². The number of hydrogen-bond donors (Lipinski definition) is 3. The summed E-state index contributed by atoms with van der Waals surface area (Å²) < 4.78 is 0. The number of rotatable bonds is 5. The van der Waals surface area contributed by atoms with Crippen LogP contribution in [0, 0.1) is 0 Å². The second-order valence-corrected chi connectivity index (χ2v) is 5.56. The van der Waals surface area contributed by atoms with Gasteiger partial charge >= 0.3 is 6.03 Å². The number of halogens is 1. The summed E-state index contributed by atoms with van der Waals surface area (Å²) in [6, 6.07) is 11.2. The Morgan fingerprint density at radius 1 is 1.18 bits per heavy atom. The number of hydrogen-bond acceptors (Lipinski definition) is 3. The Morgan fingerprint density at radius 3 is 2.55 bits per heavy atom. The standard InChI is InChI=1S/C16H19ClN4O/c1-11(2)20-16(22)21-13-5-3-12(4-6-13)10-19-14-7-8-18-15(17)9-14/h3-9,11H,10H2,1-2H3,(H,18,19)(H2,20,21,22). The third-order valence-corrected chi connectivity index (χ3v) is 3.06. The molecule has 0 saturated carbocycles. The van der Waals surface area contributed by atoms with E-state index >= 15 is 0 Å². The van der Waals surface area contributed by atoms with E-state index in [9.17, 15) is 4.79 Å². The third-order valence-electron chi connectivity index (χ3n) is 2.85. The molecule has 0 saturated heterocycles. The Labute approximate surface area is 135 Å². The van der Waals surface area contributed by atoms with E-state index in [4.69, 9.17) is 11.6 Å². The van der Waals surface area contributed by atoms with Crippen molar-refractivity contribution in [2.75, 3.05) is 10.6 Å². The fourth-order valence-electron chi connectivity index (χ4n) is 1.85. The number of nitrogens with one attached hydrogen (secondary N) is 3. The molecule has 6 heteroatoms. The first-order chi connectivity index (χ1) is 10.5. The second kappa shape index (κ2) is 7.66. The van der Waals surface area contributed by atoms with Crippen LogP contribution in [-0.2, 0) is 6.54 Å². The van der Waals surface area contributed by atoms with Crippen LogP contribution in [0.5, 0.6) is 0 Å². The highest BCUT2D eigenvalue weighted by atomic mass is 35.5. The van der Waals surface area contributed by atoms with Gasteiger partial charge in [0.05, 0.1) is 0 Å². The normalized spacial score (nSPS) is 10.4. The summed E-state index contributed by atoms with van der Waals surface area (Å²) in [5.74, 6) is 0. The zero-order chi connectivity index (χ0) is 15.9. The van der Waals surface area contributed by atoms with E-state index in [0.29, 0.717) is 11.7 Å². The summed E-state index contributed by atoms with van der Waals surface area (Å²) in [6.45, 7) is 4.50. The summed E-state index contributed by atoms with van der Waals surface area (Å²) in [5.41, 5.74) is 2.77. The molecule has 1 aromatic heterocycles. The highest BCUT2D eigenvalue weighted by Gasteiger charge is 2.03. The summed E-state index contributed by atoms with van der Waals surface area (Å²) in [4.78, 5) is 15.5. The average Bonchev–Trinajstić information content (AvgIpc) is 2.46. The minimum atomic E-state index is -0.202. The van der Waals surface area contributed by atoms with Crippen molar-refractivity contribution in [3.05, 3.63) is 53.3 Å². The number of aromatic nitrogens is 1. The molecule has 1 aromatic carbocycles. The van der Waals surface area contributed by atoms with Crippen LogP contribution in [0.25, 0.3) is 0 Å². The number of benzene rings is 1. The number of carbonyl (C=O) groups excluding carboxylic acids is 1. The van der Waals surface area contributed by atoms with Crippen molar-refractivity contribution in [2.45, 2.75) is 26.4 Å². The van der Waals surface area contributed by atoms with E-state index in [1.54, 1.807) is 12.3 Å². The van der Waals surface area contributed by atoms with E-state index < -0.39 is 0 Å². The van der Waals surface area contributed by atoms with Gasteiger partial charge in [0.2, 0.25) is 0 Å². The van der Waals surface area contributed by atoms with Crippen LogP contribution in [0.2, 0.25) is 5.15 Å². The molecular formula is C16H19ClN4O. The van der Waals surface area contributed by atoms with Gasteiger partial charge in [-0.1, -0.05) is 23.7 Å². The molecule has 0 bridgehead atoms. The number of nitrogens with zero attached hydrogens (tertiary/aromatic N) is 1. The predicted octanol–water partition coefficient (Wildman–Crippen LogP) is 3.88. The molecule has 0 spiro atoms. The number of pyridine rings is 1. The van der Waals surface area contributed by atoms with Gasteiger partial charge in [-0.25, -0.2) is 9.78 Å². The first kappa shape index (κ1) is 16.1. The van der Waals surface area contributed by atoms with E-state index in [1.807, 2.05) is 44.2 Å². The van der Waals surface area contributed by atoms with Crippen molar-refractivity contribution in [3.8, 4) is 0 Å². The molecule has 0 aliphatic carbocycles. The van der Waals surface area contributed by atoms with Crippen LogP contribution in [0.3, 0.4) is 0 Å². The average molecular weight is 319 g/mol. The van der Waals surface area contributed by atoms with Gasteiger partial charge in [0, 0.05) is 30.2 Å². The molecule has 2 amide bonds. The predicted molar refractivity (Wildman–Crippen MR) is 90.3 cm³/mol. The highest BCUT2D eigenvalue weighted by molar-refractivity contribution is 6.29. The van der Waals surface area contributed by atoms with Crippen LogP contribution >= 0.6 is 11.6 Å². The fraction of sp³-hybridized carbons (Fsp3) is 0.250. The molecule has 0 fully saturated rings. The molecule has 2 rings (SSSR count). The molecule has 116 valence electrons. The zero-order valence-corrected chi connectivity index (χ0v) is 13.3. The van der Waals surface area contributed by atoms with Crippen LogP contribution in [-0.4, -0.2) is 17.1 Å². The smallest absolute Gasteiger partial charge is 0.319 e. The first-order valence-corrected chi connectivity index (χ1v) is 7.42. The van der Waals surface area contributed by atoms with Gasteiger partial charge in [-0.2, -0.15) is 0 Å². The Balaban J connectivity index is 1.88. The minimum absolute atomic E-state index is 0.107. The van der Waals surface area contributed by atoms with E-state index in [-0.39, 0.29) is 12.1 Å². The quantitative estimate of drug-likeness (QED) is 0.733. The van der Waals surface area contributed by atoms with Gasteiger partial charge in [0.25, 0.3) is 0 Å². The topological polar surface area (TPSA) is 66.1 Å². The van der Waals surface area contributed by atoms with E-state index in [0.717, 1.165) is 16.9 Å². The van der Waals surface area contributed by atoms with Gasteiger partial charge in [-0.05, 0) is 43.7 Å². The monoisotopic (exact) mass is 318 g/mol. The Kier molecular flexibility index (Phi) is 5.61. The van der Waals surface area contributed by atoms with Gasteiger partial charge < -0.3 is 16.0 Å². The lowest BCUT2D eigenvalue weighted by Crippen LogP contribution is -2.34. The van der Waals surface area contributed by atoms with Gasteiger partial charge in [-0.15, -0.1) is 0 Å². The lowest BCUT2D eigenvalue weighted by molar-refractivity contribution is 0.250. The fourth-order valence-corrected chi connectivity index (χ4v) is 2.03. The molecule has 0 atom stereocenters. The van der Waals surface area contributed by atoms with Crippen LogP contribution in [0.4, 0.5) is 16.2 Å². The van der Waals surface area contributed by atoms with Gasteiger partial charge in [0.1, 0.15) is 5.15 Å². The van der Waals surface area contributed by atoms with Crippen molar-refractivity contribution in [2.24, 2.45) is 0 Å². The molecule has 0 aliphatic heterocycles. The van der Waals surface area contributed by atoms with Crippen LogP contribution < -0.4 is 16.0 Å². The maximum Gasteiger partial charge on any atom is 0.319 e.